The van der Waals surface area contributed by atoms with E-state index in [9.17, 15) is 14.3 Å². The number of rotatable bonds is 4. The van der Waals surface area contributed by atoms with E-state index in [2.05, 4.69) is 11.8 Å². The number of hydrogen-bond donors (Lipinski definition) is 1. The maximum absolute atomic E-state index is 14.0. The molecule has 2 saturated heterocycles. The third-order valence-corrected chi connectivity index (χ3v) is 5.75. The summed E-state index contributed by atoms with van der Waals surface area (Å²) in [6, 6.07) is 14.5. The van der Waals surface area contributed by atoms with Crippen LogP contribution in [0, 0.1) is 5.82 Å². The standard InChI is InChI=1S/C21H23FN2O2/c1-2-23-11-18-21(19(13-25)24(18)20(26)12-23)15-9-7-14(8-10-15)16-5-3-4-6-17(16)22/h3-10,18-19,21,25H,2,11-13H2,1H3/t18-,19+,21+/m1/s1. The molecule has 0 radical (unpaired) electrons. The highest BCUT2D eigenvalue weighted by Crippen LogP contribution is 2.43. The minimum Gasteiger partial charge on any atom is -0.394 e. The van der Waals surface area contributed by atoms with Crippen LogP contribution in [0.2, 0.25) is 0 Å². The first-order valence-corrected chi connectivity index (χ1v) is 9.13. The van der Waals surface area contributed by atoms with Crippen LogP contribution < -0.4 is 0 Å². The van der Waals surface area contributed by atoms with E-state index in [1.54, 1.807) is 12.1 Å². The van der Waals surface area contributed by atoms with Crippen molar-refractivity contribution in [2.24, 2.45) is 0 Å². The summed E-state index contributed by atoms with van der Waals surface area (Å²) in [5, 5.41) is 9.81. The molecular formula is C21H23FN2O2. The predicted molar refractivity (Wildman–Crippen MR) is 98.2 cm³/mol. The Morgan fingerprint density at radius 2 is 1.88 bits per heavy atom. The van der Waals surface area contributed by atoms with Gasteiger partial charge in [-0.2, -0.15) is 0 Å². The van der Waals surface area contributed by atoms with Crippen LogP contribution in [0.15, 0.2) is 48.5 Å². The van der Waals surface area contributed by atoms with E-state index < -0.39 is 0 Å². The number of benzene rings is 2. The van der Waals surface area contributed by atoms with Crippen LogP contribution in [0.25, 0.3) is 11.1 Å². The smallest absolute Gasteiger partial charge is 0.237 e. The largest absolute Gasteiger partial charge is 0.394 e. The zero-order valence-corrected chi connectivity index (χ0v) is 14.8. The van der Waals surface area contributed by atoms with Crippen molar-refractivity contribution in [1.29, 1.82) is 0 Å². The minimum atomic E-state index is -0.236. The molecule has 26 heavy (non-hydrogen) atoms. The van der Waals surface area contributed by atoms with Crippen LogP contribution in [0.3, 0.4) is 0 Å². The van der Waals surface area contributed by atoms with Crippen molar-refractivity contribution >= 4 is 5.91 Å². The summed E-state index contributed by atoms with van der Waals surface area (Å²) in [4.78, 5) is 16.4. The highest BCUT2D eigenvalue weighted by Gasteiger charge is 2.53. The molecule has 1 N–H and O–H groups in total. The summed E-state index contributed by atoms with van der Waals surface area (Å²) in [7, 11) is 0. The summed E-state index contributed by atoms with van der Waals surface area (Å²) in [6.45, 7) is 4.14. The molecule has 4 rings (SSSR count). The maximum atomic E-state index is 14.0. The summed E-state index contributed by atoms with van der Waals surface area (Å²) in [5.41, 5.74) is 2.51. The van der Waals surface area contributed by atoms with Crippen LogP contribution >= 0.6 is 0 Å². The van der Waals surface area contributed by atoms with E-state index >= 15 is 0 Å². The van der Waals surface area contributed by atoms with Gasteiger partial charge in [-0.25, -0.2) is 4.39 Å². The quantitative estimate of drug-likeness (QED) is 0.917. The minimum absolute atomic E-state index is 0.0336. The molecule has 0 unspecified atom stereocenters. The fraction of sp³-hybridized carbons (Fsp3) is 0.381. The maximum Gasteiger partial charge on any atom is 0.237 e. The van der Waals surface area contributed by atoms with E-state index in [1.807, 2.05) is 35.2 Å². The van der Waals surface area contributed by atoms with Gasteiger partial charge in [0.1, 0.15) is 5.82 Å². The van der Waals surface area contributed by atoms with Gasteiger partial charge >= 0.3 is 0 Å². The van der Waals surface area contributed by atoms with E-state index in [0.717, 1.165) is 24.2 Å². The zero-order valence-electron chi connectivity index (χ0n) is 14.8. The van der Waals surface area contributed by atoms with Gasteiger partial charge in [0.25, 0.3) is 0 Å². The van der Waals surface area contributed by atoms with Crippen molar-refractivity contribution < 1.29 is 14.3 Å². The highest BCUT2D eigenvalue weighted by molar-refractivity contribution is 5.81. The number of aliphatic hydroxyl groups excluding tert-OH is 1. The Morgan fingerprint density at radius 1 is 1.15 bits per heavy atom. The molecule has 0 saturated carbocycles. The molecule has 5 heteroatoms. The van der Waals surface area contributed by atoms with Gasteiger partial charge in [-0.3, -0.25) is 9.69 Å². The topological polar surface area (TPSA) is 43.8 Å². The van der Waals surface area contributed by atoms with E-state index in [-0.39, 0.29) is 36.3 Å². The van der Waals surface area contributed by atoms with Gasteiger partial charge in [-0.15, -0.1) is 0 Å². The summed E-state index contributed by atoms with van der Waals surface area (Å²) >= 11 is 0. The number of hydrogen-bond acceptors (Lipinski definition) is 3. The lowest BCUT2D eigenvalue weighted by molar-refractivity contribution is -0.161. The van der Waals surface area contributed by atoms with Crippen molar-refractivity contribution in [3.8, 4) is 11.1 Å². The van der Waals surface area contributed by atoms with Crippen LogP contribution in [-0.2, 0) is 4.79 Å². The molecule has 2 aliphatic heterocycles. The van der Waals surface area contributed by atoms with E-state index in [1.165, 1.54) is 6.07 Å². The number of carbonyl (C=O) groups excluding carboxylic acids is 1. The monoisotopic (exact) mass is 354 g/mol. The second-order valence-corrected chi connectivity index (χ2v) is 7.07. The molecule has 3 atom stereocenters. The number of likely N-dealkylation sites (N-methyl/N-ethyl adjacent to an activating group) is 1. The SMILES string of the molecule is CCN1CC(=O)N2[C@H](C1)[C@H](c1ccc(-c3ccccc3F)cc1)[C@@H]2CO. The molecule has 2 aromatic rings. The summed E-state index contributed by atoms with van der Waals surface area (Å²) in [5.74, 6) is -0.0193. The molecule has 0 bridgehead atoms. The normalized spacial score (nSPS) is 25.7. The van der Waals surface area contributed by atoms with Crippen molar-refractivity contribution in [3.05, 3.63) is 59.9 Å². The Balaban J connectivity index is 1.60. The first-order chi connectivity index (χ1) is 12.6. The third-order valence-electron chi connectivity index (χ3n) is 5.75. The van der Waals surface area contributed by atoms with Crippen LogP contribution in [0.5, 0.6) is 0 Å². The number of piperazine rings is 1. The molecule has 136 valence electrons. The first-order valence-electron chi connectivity index (χ1n) is 9.13. The average molecular weight is 354 g/mol. The lowest BCUT2D eigenvalue weighted by Crippen LogP contribution is -2.72. The number of aliphatic hydroxyl groups is 1. The predicted octanol–water partition coefficient (Wildman–Crippen LogP) is 2.48. The molecule has 2 heterocycles. The Labute approximate surface area is 152 Å². The van der Waals surface area contributed by atoms with Crippen molar-refractivity contribution in [3.63, 3.8) is 0 Å². The number of nitrogens with zero attached hydrogens (tertiary/aromatic N) is 2. The van der Waals surface area contributed by atoms with E-state index in [4.69, 9.17) is 0 Å². The number of amides is 1. The van der Waals surface area contributed by atoms with Gasteiger partial charge in [0, 0.05) is 18.0 Å². The fourth-order valence-electron chi connectivity index (χ4n) is 4.39. The van der Waals surface area contributed by atoms with Crippen molar-refractivity contribution in [1.82, 2.24) is 9.80 Å². The lowest BCUT2D eigenvalue weighted by Gasteiger charge is -2.58. The molecule has 4 nitrogen and oxygen atoms in total. The van der Waals surface area contributed by atoms with Gasteiger partial charge in [0.2, 0.25) is 5.91 Å². The third kappa shape index (κ3) is 2.72. The molecule has 0 aliphatic carbocycles. The number of fused-ring (bicyclic) bond motifs is 1. The van der Waals surface area contributed by atoms with Crippen molar-refractivity contribution in [2.75, 3.05) is 26.2 Å². The summed E-state index contributed by atoms with van der Waals surface area (Å²) in [6.07, 6.45) is 0. The molecule has 2 aliphatic rings. The Morgan fingerprint density at radius 3 is 2.54 bits per heavy atom. The van der Waals surface area contributed by atoms with Crippen LogP contribution in [0.1, 0.15) is 18.4 Å². The molecule has 2 aromatic carbocycles. The molecule has 0 aromatic heterocycles. The average Bonchev–Trinajstić information content (AvgIpc) is 2.64. The van der Waals surface area contributed by atoms with Gasteiger partial charge in [0.05, 0.1) is 25.2 Å². The zero-order chi connectivity index (χ0) is 18.3. The second kappa shape index (κ2) is 6.82. The fourth-order valence-corrected chi connectivity index (χ4v) is 4.39. The molecular weight excluding hydrogens is 331 g/mol. The lowest BCUT2D eigenvalue weighted by atomic mass is 9.73. The van der Waals surface area contributed by atoms with Gasteiger partial charge in [0.15, 0.2) is 0 Å². The van der Waals surface area contributed by atoms with Crippen LogP contribution in [-0.4, -0.2) is 59.1 Å². The molecule has 0 spiro atoms. The van der Waals surface area contributed by atoms with Gasteiger partial charge in [-0.1, -0.05) is 49.4 Å². The second-order valence-electron chi connectivity index (χ2n) is 7.07. The Hall–Kier alpha value is -2.24. The number of carbonyl (C=O) groups is 1. The van der Waals surface area contributed by atoms with Gasteiger partial charge < -0.3 is 10.0 Å². The van der Waals surface area contributed by atoms with Crippen LogP contribution in [0.4, 0.5) is 4.39 Å². The molecule has 2 fully saturated rings. The van der Waals surface area contributed by atoms with E-state index in [0.29, 0.717) is 12.1 Å². The Bertz CT molecular complexity index is 808. The van der Waals surface area contributed by atoms with Crippen molar-refractivity contribution in [2.45, 2.75) is 24.9 Å². The number of halogens is 1. The Kier molecular flexibility index (Phi) is 4.51. The highest BCUT2D eigenvalue weighted by atomic mass is 19.1. The van der Waals surface area contributed by atoms with Gasteiger partial charge in [-0.05, 0) is 23.7 Å². The molecule has 1 amide bonds. The summed E-state index contributed by atoms with van der Waals surface area (Å²) < 4.78 is 14.0. The first kappa shape index (κ1) is 17.2.